The summed E-state index contributed by atoms with van der Waals surface area (Å²) in [6, 6.07) is 14.1. The van der Waals surface area contributed by atoms with Gasteiger partial charge in [-0.1, -0.05) is 42.8 Å². The minimum absolute atomic E-state index is 0.0767. The molecule has 0 amide bonds. The average Bonchev–Trinajstić information content (AvgIpc) is 2.88. The van der Waals surface area contributed by atoms with E-state index in [4.69, 9.17) is 0 Å². The molecule has 120 valence electrons. The summed E-state index contributed by atoms with van der Waals surface area (Å²) in [5, 5.41) is 4.38. The Bertz CT molecular complexity index is 849. The lowest BCUT2D eigenvalue weighted by Crippen LogP contribution is -2.31. The third-order valence-corrected chi connectivity index (χ3v) is 4.05. The molecule has 23 heavy (non-hydrogen) atoms. The second kappa shape index (κ2) is 6.79. The lowest BCUT2D eigenvalue weighted by molar-refractivity contribution is 0.262. The number of benzene rings is 1. The summed E-state index contributed by atoms with van der Waals surface area (Å²) in [5.41, 5.74) is 3.19. The summed E-state index contributed by atoms with van der Waals surface area (Å²) in [4.78, 5) is 14.6. The second-order valence-corrected chi connectivity index (χ2v) is 5.79. The van der Waals surface area contributed by atoms with Crippen LogP contribution in [0.1, 0.15) is 18.1 Å². The Morgan fingerprint density at radius 3 is 2.78 bits per heavy atom. The van der Waals surface area contributed by atoms with Gasteiger partial charge in [0.2, 0.25) is 0 Å². The van der Waals surface area contributed by atoms with Gasteiger partial charge in [0.15, 0.2) is 5.65 Å². The molecule has 0 aliphatic heterocycles. The second-order valence-electron chi connectivity index (χ2n) is 5.79. The van der Waals surface area contributed by atoms with Crippen molar-refractivity contribution >= 4 is 5.65 Å². The van der Waals surface area contributed by atoms with E-state index in [-0.39, 0.29) is 5.69 Å². The van der Waals surface area contributed by atoms with E-state index in [9.17, 15) is 4.79 Å². The zero-order valence-electron chi connectivity index (χ0n) is 13.6. The zero-order chi connectivity index (χ0) is 16.2. The van der Waals surface area contributed by atoms with Crippen molar-refractivity contribution in [3.8, 4) is 0 Å². The first-order valence-electron chi connectivity index (χ1n) is 7.99. The van der Waals surface area contributed by atoms with Gasteiger partial charge >= 0.3 is 5.69 Å². The highest BCUT2D eigenvalue weighted by Crippen LogP contribution is 2.07. The fraction of sp³-hybridized carbons (Fsp3) is 0.333. The summed E-state index contributed by atoms with van der Waals surface area (Å²) < 4.78 is 3.13. The van der Waals surface area contributed by atoms with Gasteiger partial charge in [0, 0.05) is 19.3 Å². The topological polar surface area (TPSA) is 42.5 Å². The molecule has 0 bridgehead atoms. The predicted octanol–water partition coefficient (Wildman–Crippen LogP) is 2.33. The summed E-state index contributed by atoms with van der Waals surface area (Å²) in [7, 11) is 0. The molecule has 3 rings (SSSR count). The van der Waals surface area contributed by atoms with E-state index < -0.39 is 0 Å². The van der Waals surface area contributed by atoms with Gasteiger partial charge < -0.3 is 0 Å². The molecule has 1 aromatic carbocycles. The minimum Gasteiger partial charge on any atom is -0.298 e. The lowest BCUT2D eigenvalue weighted by atomic mass is 10.1. The average molecular weight is 310 g/mol. The van der Waals surface area contributed by atoms with E-state index in [2.05, 4.69) is 48.1 Å². The van der Waals surface area contributed by atoms with Crippen LogP contribution >= 0.6 is 0 Å². The van der Waals surface area contributed by atoms with E-state index in [1.807, 2.05) is 18.2 Å². The van der Waals surface area contributed by atoms with Crippen LogP contribution in [-0.2, 0) is 13.1 Å². The van der Waals surface area contributed by atoms with Crippen molar-refractivity contribution < 1.29 is 0 Å². The maximum Gasteiger partial charge on any atom is 0.350 e. The molecule has 0 fully saturated rings. The van der Waals surface area contributed by atoms with Crippen molar-refractivity contribution in [2.75, 3.05) is 13.1 Å². The van der Waals surface area contributed by atoms with Gasteiger partial charge in [-0.05, 0) is 31.2 Å². The largest absolute Gasteiger partial charge is 0.350 e. The van der Waals surface area contributed by atoms with Gasteiger partial charge in [0.05, 0.1) is 6.54 Å². The SMILES string of the molecule is CCN(CCn1nc2ccccn2c1=O)Cc1cccc(C)c1. The number of aromatic nitrogens is 3. The highest BCUT2D eigenvalue weighted by molar-refractivity contribution is 5.35. The molecule has 0 saturated heterocycles. The summed E-state index contributed by atoms with van der Waals surface area (Å²) in [5.74, 6) is 0. The Hall–Kier alpha value is -2.40. The number of nitrogens with zero attached hydrogens (tertiary/aromatic N) is 4. The van der Waals surface area contributed by atoms with Gasteiger partial charge in [-0.2, -0.15) is 0 Å². The van der Waals surface area contributed by atoms with Crippen LogP contribution in [-0.4, -0.2) is 32.2 Å². The Labute approximate surface area is 135 Å². The molecule has 0 N–H and O–H groups in total. The first kappa shape index (κ1) is 15.5. The van der Waals surface area contributed by atoms with Crippen molar-refractivity contribution in [1.29, 1.82) is 0 Å². The number of hydrogen-bond acceptors (Lipinski definition) is 3. The molecule has 0 saturated carbocycles. The Balaban J connectivity index is 1.69. The molecule has 0 radical (unpaired) electrons. The molecule has 5 heteroatoms. The van der Waals surface area contributed by atoms with Crippen molar-refractivity contribution in [3.63, 3.8) is 0 Å². The molecule has 0 unspecified atom stereocenters. The number of aryl methyl sites for hydroxylation is 1. The molecule has 0 aliphatic rings. The van der Waals surface area contributed by atoms with Crippen LogP contribution < -0.4 is 5.69 Å². The maximum absolute atomic E-state index is 12.3. The van der Waals surface area contributed by atoms with E-state index in [0.717, 1.165) is 19.6 Å². The number of likely N-dealkylation sites (N-methyl/N-ethyl adjacent to an activating group) is 1. The van der Waals surface area contributed by atoms with E-state index >= 15 is 0 Å². The normalized spacial score (nSPS) is 11.4. The van der Waals surface area contributed by atoms with Gasteiger partial charge in [-0.25, -0.2) is 9.48 Å². The van der Waals surface area contributed by atoms with Crippen LogP contribution in [0.2, 0.25) is 0 Å². The summed E-state index contributed by atoms with van der Waals surface area (Å²) in [6.07, 6.45) is 1.76. The smallest absolute Gasteiger partial charge is 0.298 e. The summed E-state index contributed by atoms with van der Waals surface area (Å²) >= 11 is 0. The highest BCUT2D eigenvalue weighted by Gasteiger charge is 2.09. The predicted molar refractivity (Wildman–Crippen MR) is 91.6 cm³/mol. The third-order valence-electron chi connectivity index (χ3n) is 4.05. The summed E-state index contributed by atoms with van der Waals surface area (Å²) in [6.45, 7) is 7.48. The molecule has 0 atom stereocenters. The zero-order valence-corrected chi connectivity index (χ0v) is 13.6. The Morgan fingerprint density at radius 1 is 1.17 bits per heavy atom. The maximum atomic E-state index is 12.3. The number of fused-ring (bicyclic) bond motifs is 1. The number of pyridine rings is 1. The first-order chi connectivity index (χ1) is 11.2. The highest BCUT2D eigenvalue weighted by atomic mass is 16.2. The Morgan fingerprint density at radius 2 is 2.04 bits per heavy atom. The molecule has 2 heterocycles. The monoisotopic (exact) mass is 310 g/mol. The molecule has 3 aromatic rings. The molecular weight excluding hydrogens is 288 g/mol. The standard InChI is InChI=1S/C18H22N4O/c1-3-20(14-16-8-6-7-15(2)13-16)11-12-22-18(23)21-10-5-4-9-17(21)19-22/h4-10,13H,3,11-12,14H2,1-2H3. The van der Waals surface area contributed by atoms with Crippen LogP contribution in [0.4, 0.5) is 0 Å². The lowest BCUT2D eigenvalue weighted by Gasteiger charge is -2.20. The number of hydrogen-bond donors (Lipinski definition) is 0. The molecule has 0 aliphatic carbocycles. The van der Waals surface area contributed by atoms with Gasteiger partial charge in [0.1, 0.15) is 0 Å². The van der Waals surface area contributed by atoms with E-state index in [0.29, 0.717) is 12.2 Å². The van der Waals surface area contributed by atoms with Crippen LogP contribution in [0.15, 0.2) is 53.5 Å². The molecular formula is C18H22N4O. The van der Waals surface area contributed by atoms with Crippen molar-refractivity contribution in [3.05, 3.63) is 70.3 Å². The van der Waals surface area contributed by atoms with E-state index in [1.165, 1.54) is 11.1 Å². The van der Waals surface area contributed by atoms with Crippen LogP contribution in [0.25, 0.3) is 5.65 Å². The van der Waals surface area contributed by atoms with Crippen molar-refractivity contribution in [2.24, 2.45) is 0 Å². The van der Waals surface area contributed by atoms with Crippen molar-refractivity contribution in [2.45, 2.75) is 26.9 Å². The van der Waals surface area contributed by atoms with Crippen LogP contribution in [0, 0.1) is 6.92 Å². The third kappa shape index (κ3) is 3.51. The van der Waals surface area contributed by atoms with E-state index in [1.54, 1.807) is 15.3 Å². The van der Waals surface area contributed by atoms with Crippen LogP contribution in [0.5, 0.6) is 0 Å². The fourth-order valence-corrected chi connectivity index (χ4v) is 2.77. The quantitative estimate of drug-likeness (QED) is 0.702. The van der Waals surface area contributed by atoms with Gasteiger partial charge in [-0.15, -0.1) is 5.10 Å². The minimum atomic E-state index is -0.0767. The fourth-order valence-electron chi connectivity index (χ4n) is 2.77. The molecule has 0 spiro atoms. The number of rotatable bonds is 6. The molecule has 2 aromatic heterocycles. The van der Waals surface area contributed by atoms with Gasteiger partial charge in [0.25, 0.3) is 0 Å². The molecule has 5 nitrogen and oxygen atoms in total. The first-order valence-corrected chi connectivity index (χ1v) is 7.99. The Kier molecular flexibility index (Phi) is 4.57. The van der Waals surface area contributed by atoms with Crippen molar-refractivity contribution in [1.82, 2.24) is 19.1 Å². The van der Waals surface area contributed by atoms with Gasteiger partial charge in [-0.3, -0.25) is 9.30 Å². The van der Waals surface area contributed by atoms with Crippen LogP contribution in [0.3, 0.4) is 0 Å².